The van der Waals surface area contributed by atoms with Crippen molar-refractivity contribution in [3.8, 4) is 5.88 Å². The Bertz CT molecular complexity index is 426. The van der Waals surface area contributed by atoms with E-state index in [0.29, 0.717) is 0 Å². The SMILES string of the molecule is COc1cc(CCl)c(C(F)F)c(CC(=O)O)n1. The predicted molar refractivity (Wildman–Crippen MR) is 56.6 cm³/mol. The molecule has 0 spiro atoms. The van der Waals surface area contributed by atoms with Crippen LogP contribution >= 0.6 is 11.6 Å². The number of hydrogen-bond donors (Lipinski definition) is 1. The van der Waals surface area contributed by atoms with Gasteiger partial charge in [0.1, 0.15) is 0 Å². The van der Waals surface area contributed by atoms with Gasteiger partial charge in [-0.15, -0.1) is 11.6 Å². The first-order chi connectivity index (χ1) is 7.99. The monoisotopic (exact) mass is 265 g/mol. The van der Waals surface area contributed by atoms with Crippen LogP contribution in [0.5, 0.6) is 5.88 Å². The van der Waals surface area contributed by atoms with Gasteiger partial charge in [0.15, 0.2) is 0 Å². The molecule has 0 saturated heterocycles. The van der Waals surface area contributed by atoms with Crippen molar-refractivity contribution in [3.63, 3.8) is 0 Å². The van der Waals surface area contributed by atoms with E-state index in [1.807, 2.05) is 0 Å². The third-order valence-corrected chi connectivity index (χ3v) is 2.38. The van der Waals surface area contributed by atoms with Gasteiger partial charge < -0.3 is 9.84 Å². The number of halogens is 3. The summed E-state index contributed by atoms with van der Waals surface area (Å²) in [5, 5.41) is 8.64. The van der Waals surface area contributed by atoms with Crippen LogP contribution in [0.4, 0.5) is 8.78 Å². The van der Waals surface area contributed by atoms with Crippen LogP contribution in [0.3, 0.4) is 0 Å². The van der Waals surface area contributed by atoms with Crippen molar-refractivity contribution in [2.75, 3.05) is 7.11 Å². The Morgan fingerprint density at radius 3 is 2.71 bits per heavy atom. The van der Waals surface area contributed by atoms with Gasteiger partial charge in [0.2, 0.25) is 5.88 Å². The third-order valence-electron chi connectivity index (χ3n) is 2.09. The summed E-state index contributed by atoms with van der Waals surface area (Å²) in [5.41, 5.74) is -0.518. The Hall–Kier alpha value is -1.43. The molecule has 1 aromatic rings. The minimum absolute atomic E-state index is 0.0706. The molecule has 1 aromatic heterocycles. The van der Waals surface area contributed by atoms with E-state index in [9.17, 15) is 13.6 Å². The molecule has 0 amide bonds. The van der Waals surface area contributed by atoms with E-state index in [1.54, 1.807) is 0 Å². The summed E-state index contributed by atoms with van der Waals surface area (Å²) in [4.78, 5) is 14.3. The van der Waals surface area contributed by atoms with Crippen molar-refractivity contribution < 1.29 is 23.4 Å². The van der Waals surface area contributed by atoms with Gasteiger partial charge in [-0.25, -0.2) is 13.8 Å². The van der Waals surface area contributed by atoms with Gasteiger partial charge in [0, 0.05) is 17.5 Å². The molecule has 0 unspecified atom stereocenters. The van der Waals surface area contributed by atoms with Crippen molar-refractivity contribution in [2.45, 2.75) is 18.7 Å². The number of alkyl halides is 3. The zero-order valence-electron chi connectivity index (χ0n) is 8.91. The Morgan fingerprint density at radius 1 is 1.65 bits per heavy atom. The quantitative estimate of drug-likeness (QED) is 0.831. The third kappa shape index (κ3) is 3.26. The van der Waals surface area contributed by atoms with Gasteiger partial charge in [-0.2, -0.15) is 0 Å². The van der Waals surface area contributed by atoms with Crippen molar-refractivity contribution in [1.29, 1.82) is 0 Å². The molecule has 1 rings (SSSR count). The predicted octanol–water partition coefficient (Wildman–Crippen LogP) is 2.39. The number of carboxylic acid groups (broad SMARTS) is 1. The average Bonchev–Trinajstić information content (AvgIpc) is 2.26. The van der Waals surface area contributed by atoms with Gasteiger partial charge in [-0.3, -0.25) is 4.79 Å². The minimum atomic E-state index is -2.82. The molecule has 0 bridgehead atoms. The van der Waals surface area contributed by atoms with Crippen LogP contribution in [0, 0.1) is 0 Å². The standard InChI is InChI=1S/C10H10ClF2NO3/c1-17-7-2-5(4-11)9(10(12)13)6(14-7)3-8(15)16/h2,10H,3-4H2,1H3,(H,15,16). The van der Waals surface area contributed by atoms with Crippen LogP contribution in [-0.2, 0) is 17.1 Å². The Morgan fingerprint density at radius 2 is 2.29 bits per heavy atom. The summed E-state index contributed by atoms with van der Waals surface area (Å²) < 4.78 is 30.5. The van der Waals surface area contributed by atoms with Crippen LogP contribution in [-0.4, -0.2) is 23.2 Å². The number of aromatic nitrogens is 1. The van der Waals surface area contributed by atoms with Crippen molar-refractivity contribution >= 4 is 17.6 Å². The second-order valence-corrected chi connectivity index (χ2v) is 3.46. The number of carbonyl (C=O) groups is 1. The number of hydrogen-bond acceptors (Lipinski definition) is 3. The number of rotatable bonds is 5. The maximum atomic E-state index is 12.8. The summed E-state index contributed by atoms with van der Waals surface area (Å²) in [6, 6.07) is 1.28. The number of carboxylic acids is 1. The molecule has 0 aliphatic carbocycles. The van der Waals surface area contributed by atoms with Crippen LogP contribution in [0.1, 0.15) is 23.2 Å². The van der Waals surface area contributed by atoms with Crippen molar-refractivity contribution in [3.05, 3.63) is 22.9 Å². The van der Waals surface area contributed by atoms with E-state index in [1.165, 1.54) is 13.2 Å². The van der Waals surface area contributed by atoms with E-state index in [4.69, 9.17) is 21.4 Å². The number of pyridine rings is 1. The van der Waals surface area contributed by atoms with Crippen LogP contribution in [0.2, 0.25) is 0 Å². The second-order valence-electron chi connectivity index (χ2n) is 3.19. The number of aliphatic carboxylic acids is 1. The Kier molecular flexibility index (Phi) is 4.62. The van der Waals surface area contributed by atoms with Crippen molar-refractivity contribution in [2.24, 2.45) is 0 Å². The molecule has 17 heavy (non-hydrogen) atoms. The molecular weight excluding hydrogens is 256 g/mol. The highest BCUT2D eigenvalue weighted by molar-refractivity contribution is 6.17. The highest BCUT2D eigenvalue weighted by atomic mass is 35.5. The minimum Gasteiger partial charge on any atom is -0.481 e. The molecular formula is C10H10ClF2NO3. The Balaban J connectivity index is 3.35. The molecule has 0 aliphatic rings. The molecule has 0 saturated carbocycles. The molecule has 1 N–H and O–H groups in total. The van der Waals surface area contributed by atoms with Gasteiger partial charge in [0.25, 0.3) is 6.43 Å². The van der Waals surface area contributed by atoms with E-state index in [-0.39, 0.29) is 23.0 Å². The lowest BCUT2D eigenvalue weighted by Gasteiger charge is -2.12. The van der Waals surface area contributed by atoms with Crippen molar-refractivity contribution in [1.82, 2.24) is 4.98 Å². The fourth-order valence-electron chi connectivity index (χ4n) is 1.40. The molecule has 0 atom stereocenters. The van der Waals surface area contributed by atoms with Crippen LogP contribution in [0.15, 0.2) is 6.07 Å². The number of ether oxygens (including phenoxy) is 1. The first kappa shape index (κ1) is 13.6. The lowest BCUT2D eigenvalue weighted by molar-refractivity contribution is -0.136. The number of nitrogens with zero attached hydrogens (tertiary/aromatic N) is 1. The second kappa shape index (κ2) is 5.77. The van der Waals surface area contributed by atoms with Gasteiger partial charge in [-0.05, 0) is 5.56 Å². The average molecular weight is 266 g/mol. The zero-order chi connectivity index (χ0) is 13.0. The normalized spacial score (nSPS) is 10.6. The summed E-state index contributed by atoms with van der Waals surface area (Å²) in [7, 11) is 1.31. The molecule has 4 nitrogen and oxygen atoms in total. The number of methoxy groups -OCH3 is 1. The molecule has 0 aromatic carbocycles. The van der Waals surface area contributed by atoms with Gasteiger partial charge in [-0.1, -0.05) is 0 Å². The highest BCUT2D eigenvalue weighted by Gasteiger charge is 2.22. The zero-order valence-corrected chi connectivity index (χ0v) is 9.67. The summed E-state index contributed by atoms with van der Waals surface area (Å²) in [6.07, 6.45) is -3.42. The summed E-state index contributed by atoms with van der Waals surface area (Å²) in [5.74, 6) is -1.33. The molecule has 0 radical (unpaired) electrons. The molecule has 0 fully saturated rings. The van der Waals surface area contributed by atoms with Crippen LogP contribution < -0.4 is 4.74 Å². The lowest BCUT2D eigenvalue weighted by Crippen LogP contribution is -2.10. The van der Waals surface area contributed by atoms with E-state index in [2.05, 4.69) is 4.98 Å². The van der Waals surface area contributed by atoms with E-state index >= 15 is 0 Å². The fraction of sp³-hybridized carbons (Fsp3) is 0.400. The van der Waals surface area contributed by atoms with Gasteiger partial charge in [0.05, 0.1) is 19.2 Å². The van der Waals surface area contributed by atoms with Crippen LogP contribution in [0.25, 0.3) is 0 Å². The summed E-state index contributed by atoms with van der Waals surface area (Å²) >= 11 is 5.55. The Labute approximate surface area is 101 Å². The maximum absolute atomic E-state index is 12.8. The first-order valence-electron chi connectivity index (χ1n) is 4.62. The molecule has 94 valence electrons. The lowest BCUT2D eigenvalue weighted by atomic mass is 10.1. The highest BCUT2D eigenvalue weighted by Crippen LogP contribution is 2.30. The maximum Gasteiger partial charge on any atom is 0.309 e. The molecule has 7 heteroatoms. The van der Waals surface area contributed by atoms with E-state index in [0.717, 1.165) is 0 Å². The molecule has 0 aliphatic heterocycles. The largest absolute Gasteiger partial charge is 0.481 e. The smallest absolute Gasteiger partial charge is 0.309 e. The summed E-state index contributed by atoms with van der Waals surface area (Å²) in [6.45, 7) is 0. The topological polar surface area (TPSA) is 59.4 Å². The fourth-order valence-corrected chi connectivity index (χ4v) is 1.62. The first-order valence-corrected chi connectivity index (χ1v) is 5.15. The van der Waals surface area contributed by atoms with Gasteiger partial charge >= 0.3 is 5.97 Å². The molecule has 1 heterocycles. The van der Waals surface area contributed by atoms with E-state index < -0.39 is 24.4 Å².